The number of likely N-dealkylation sites (N-methyl/N-ethyl adjacent to an activating group) is 1. The fourth-order valence-corrected chi connectivity index (χ4v) is 3.71. The Balaban J connectivity index is 1.76. The molecule has 0 fully saturated rings. The van der Waals surface area contributed by atoms with Crippen LogP contribution in [0.1, 0.15) is 30.9 Å². The Morgan fingerprint density at radius 2 is 1.56 bits per heavy atom. The predicted molar refractivity (Wildman–Crippen MR) is 131 cm³/mol. The van der Waals surface area contributed by atoms with Gasteiger partial charge in [-0.25, -0.2) is 4.39 Å². The number of nitrogens with zero attached hydrogens (tertiary/aromatic N) is 1. The summed E-state index contributed by atoms with van der Waals surface area (Å²) in [6.07, 6.45) is 1.14. The molecule has 1 N–H and O–H groups in total. The lowest BCUT2D eigenvalue weighted by Crippen LogP contribution is -2.50. The molecule has 3 aromatic rings. The summed E-state index contributed by atoms with van der Waals surface area (Å²) in [4.78, 5) is 28.1. The summed E-state index contributed by atoms with van der Waals surface area (Å²) in [5.41, 5.74) is 1.72. The Labute approximate surface area is 200 Å². The second kappa shape index (κ2) is 13.1. The van der Waals surface area contributed by atoms with Crippen LogP contribution in [0.25, 0.3) is 0 Å². The number of carbonyl (C=O) groups is 2. The minimum Gasteiger partial charge on any atom is -0.494 e. The zero-order valence-corrected chi connectivity index (χ0v) is 19.5. The van der Waals surface area contributed by atoms with E-state index in [0.29, 0.717) is 26.0 Å². The standard InChI is InChI=1S/C28H31FN2O3/c1-2-30-28(33)26(20-22-10-5-3-6-11-22)31(21-23-15-17-24(29)18-16-23)27(32)14-9-19-34-25-12-7-4-8-13-25/h3-8,10-13,15-18,26H,2,9,14,19-21H2,1H3,(H,30,33). The number of hydrogen-bond donors (Lipinski definition) is 1. The molecule has 0 aliphatic carbocycles. The molecule has 1 unspecified atom stereocenters. The maximum absolute atomic E-state index is 13.4. The molecule has 2 amide bonds. The quantitative estimate of drug-likeness (QED) is 0.395. The van der Waals surface area contributed by atoms with Crippen molar-refractivity contribution in [3.8, 4) is 5.75 Å². The maximum Gasteiger partial charge on any atom is 0.243 e. The molecule has 3 aromatic carbocycles. The maximum atomic E-state index is 13.4. The zero-order chi connectivity index (χ0) is 24.2. The van der Waals surface area contributed by atoms with E-state index in [9.17, 15) is 14.0 Å². The van der Waals surface area contributed by atoms with Gasteiger partial charge in [0.1, 0.15) is 17.6 Å². The molecule has 0 heterocycles. The fraction of sp³-hybridized carbons (Fsp3) is 0.286. The van der Waals surface area contributed by atoms with Gasteiger partial charge in [0.2, 0.25) is 11.8 Å². The largest absolute Gasteiger partial charge is 0.494 e. The van der Waals surface area contributed by atoms with Gasteiger partial charge in [0.25, 0.3) is 0 Å². The van der Waals surface area contributed by atoms with E-state index in [1.807, 2.05) is 67.6 Å². The van der Waals surface area contributed by atoms with Gasteiger partial charge in [-0.2, -0.15) is 0 Å². The highest BCUT2D eigenvalue weighted by atomic mass is 19.1. The molecule has 5 nitrogen and oxygen atoms in total. The molecular weight excluding hydrogens is 431 g/mol. The Hall–Kier alpha value is -3.67. The van der Waals surface area contributed by atoms with E-state index in [1.165, 1.54) is 12.1 Å². The summed E-state index contributed by atoms with van der Waals surface area (Å²) in [6.45, 7) is 2.93. The summed E-state index contributed by atoms with van der Waals surface area (Å²) in [5.74, 6) is 0.0576. The molecule has 0 aliphatic rings. The number of para-hydroxylation sites is 1. The van der Waals surface area contributed by atoms with Crippen LogP contribution < -0.4 is 10.1 Å². The first-order chi connectivity index (χ1) is 16.6. The van der Waals surface area contributed by atoms with Crippen molar-refractivity contribution in [2.45, 2.75) is 38.8 Å². The number of nitrogens with one attached hydrogen (secondary N) is 1. The van der Waals surface area contributed by atoms with Crippen molar-refractivity contribution in [2.24, 2.45) is 0 Å². The SMILES string of the molecule is CCNC(=O)C(Cc1ccccc1)N(Cc1ccc(F)cc1)C(=O)CCCOc1ccccc1. The molecular formula is C28H31FN2O3. The lowest BCUT2D eigenvalue weighted by Gasteiger charge is -2.31. The van der Waals surface area contributed by atoms with Crippen LogP contribution in [0.3, 0.4) is 0 Å². The number of halogens is 1. The second-order valence-corrected chi connectivity index (χ2v) is 8.01. The van der Waals surface area contributed by atoms with Crippen molar-refractivity contribution < 1.29 is 18.7 Å². The lowest BCUT2D eigenvalue weighted by atomic mass is 10.0. The summed E-state index contributed by atoms with van der Waals surface area (Å²) in [7, 11) is 0. The third kappa shape index (κ3) is 7.73. The van der Waals surface area contributed by atoms with Crippen LogP contribution in [0.4, 0.5) is 4.39 Å². The van der Waals surface area contributed by atoms with Crippen molar-refractivity contribution >= 4 is 11.8 Å². The van der Waals surface area contributed by atoms with E-state index in [1.54, 1.807) is 17.0 Å². The third-order valence-electron chi connectivity index (χ3n) is 5.44. The number of ether oxygens (including phenoxy) is 1. The highest BCUT2D eigenvalue weighted by molar-refractivity contribution is 5.88. The van der Waals surface area contributed by atoms with Crippen LogP contribution in [0.15, 0.2) is 84.9 Å². The smallest absolute Gasteiger partial charge is 0.243 e. The Bertz CT molecular complexity index is 1030. The highest BCUT2D eigenvalue weighted by Crippen LogP contribution is 2.17. The summed E-state index contributed by atoms with van der Waals surface area (Å²) >= 11 is 0. The van der Waals surface area contributed by atoms with Gasteiger partial charge in [-0.05, 0) is 48.7 Å². The van der Waals surface area contributed by atoms with Crippen molar-refractivity contribution in [2.75, 3.05) is 13.2 Å². The molecule has 0 aliphatic heterocycles. The molecule has 34 heavy (non-hydrogen) atoms. The molecule has 0 radical (unpaired) electrons. The first-order valence-corrected chi connectivity index (χ1v) is 11.6. The fourth-order valence-electron chi connectivity index (χ4n) is 3.71. The first-order valence-electron chi connectivity index (χ1n) is 11.6. The molecule has 0 saturated heterocycles. The van der Waals surface area contributed by atoms with Gasteiger partial charge in [0, 0.05) is 25.9 Å². The van der Waals surface area contributed by atoms with Crippen LogP contribution >= 0.6 is 0 Å². The van der Waals surface area contributed by atoms with Gasteiger partial charge in [0.15, 0.2) is 0 Å². The Morgan fingerprint density at radius 1 is 0.912 bits per heavy atom. The number of amides is 2. The van der Waals surface area contributed by atoms with Crippen LogP contribution in [0, 0.1) is 5.82 Å². The number of hydrogen-bond acceptors (Lipinski definition) is 3. The molecule has 1 atom stereocenters. The van der Waals surface area contributed by atoms with Crippen LogP contribution in [0.2, 0.25) is 0 Å². The third-order valence-corrected chi connectivity index (χ3v) is 5.44. The van der Waals surface area contributed by atoms with Gasteiger partial charge in [-0.1, -0.05) is 60.7 Å². The second-order valence-electron chi connectivity index (χ2n) is 8.01. The van der Waals surface area contributed by atoms with Crippen LogP contribution in [-0.4, -0.2) is 35.9 Å². The minimum atomic E-state index is -0.685. The van der Waals surface area contributed by atoms with Crippen molar-refractivity contribution in [1.82, 2.24) is 10.2 Å². The zero-order valence-electron chi connectivity index (χ0n) is 19.5. The van der Waals surface area contributed by atoms with Gasteiger partial charge >= 0.3 is 0 Å². The Morgan fingerprint density at radius 3 is 2.21 bits per heavy atom. The van der Waals surface area contributed by atoms with Crippen LogP contribution in [-0.2, 0) is 22.6 Å². The van der Waals surface area contributed by atoms with Gasteiger partial charge in [-0.15, -0.1) is 0 Å². The van der Waals surface area contributed by atoms with Crippen molar-refractivity contribution in [3.05, 3.63) is 102 Å². The highest BCUT2D eigenvalue weighted by Gasteiger charge is 2.29. The molecule has 0 saturated carbocycles. The monoisotopic (exact) mass is 462 g/mol. The lowest BCUT2D eigenvalue weighted by molar-refractivity contribution is -0.141. The summed E-state index contributed by atoms with van der Waals surface area (Å²) < 4.78 is 19.2. The van der Waals surface area contributed by atoms with Crippen molar-refractivity contribution in [1.29, 1.82) is 0 Å². The molecule has 3 rings (SSSR count). The molecule has 0 spiro atoms. The summed E-state index contributed by atoms with van der Waals surface area (Å²) in [6, 6.07) is 24.4. The summed E-state index contributed by atoms with van der Waals surface area (Å²) in [5, 5.41) is 2.87. The van der Waals surface area contributed by atoms with E-state index >= 15 is 0 Å². The molecule has 6 heteroatoms. The average molecular weight is 463 g/mol. The average Bonchev–Trinajstić information content (AvgIpc) is 2.86. The van der Waals surface area contributed by atoms with Crippen LogP contribution in [0.5, 0.6) is 5.75 Å². The topological polar surface area (TPSA) is 58.6 Å². The minimum absolute atomic E-state index is 0.145. The molecule has 178 valence electrons. The van der Waals surface area contributed by atoms with E-state index < -0.39 is 6.04 Å². The van der Waals surface area contributed by atoms with E-state index in [0.717, 1.165) is 16.9 Å². The normalized spacial score (nSPS) is 11.5. The van der Waals surface area contributed by atoms with Gasteiger partial charge in [-0.3, -0.25) is 9.59 Å². The first kappa shape index (κ1) is 25.0. The predicted octanol–water partition coefficient (Wildman–Crippen LogP) is 4.76. The number of carbonyl (C=O) groups excluding carboxylic acids is 2. The van der Waals surface area contributed by atoms with Gasteiger partial charge in [0.05, 0.1) is 6.61 Å². The Kier molecular flexibility index (Phi) is 9.65. The number of rotatable bonds is 12. The van der Waals surface area contributed by atoms with E-state index in [4.69, 9.17) is 4.74 Å². The molecule has 0 bridgehead atoms. The molecule has 0 aromatic heterocycles. The number of benzene rings is 3. The van der Waals surface area contributed by atoms with Gasteiger partial charge < -0.3 is 15.0 Å². The van der Waals surface area contributed by atoms with Crippen molar-refractivity contribution in [3.63, 3.8) is 0 Å². The van der Waals surface area contributed by atoms with E-state index in [-0.39, 0.29) is 30.6 Å². The van der Waals surface area contributed by atoms with E-state index in [2.05, 4.69) is 5.32 Å².